The minimum absolute atomic E-state index is 0.353. The number of alkyl halides is 3. The van der Waals surface area contributed by atoms with Gasteiger partial charge in [-0.15, -0.1) is 0 Å². The lowest BCUT2D eigenvalue weighted by Gasteiger charge is -2.37. The summed E-state index contributed by atoms with van der Waals surface area (Å²) in [5.74, 6) is 0. The Labute approximate surface area is 62.4 Å². The zero-order chi connectivity index (χ0) is 8.65. The lowest BCUT2D eigenvalue weighted by atomic mass is 9.90. The van der Waals surface area contributed by atoms with Crippen molar-refractivity contribution in [3.63, 3.8) is 0 Å². The van der Waals surface area contributed by atoms with Crippen LogP contribution in [-0.4, -0.2) is 35.9 Å². The van der Waals surface area contributed by atoms with Gasteiger partial charge in [0.05, 0.1) is 0 Å². The fourth-order valence-corrected chi connectivity index (χ4v) is 0.995. The molecule has 2 N–H and O–H groups in total. The molecule has 0 saturated carbocycles. The van der Waals surface area contributed by atoms with Crippen molar-refractivity contribution in [3.8, 4) is 0 Å². The highest BCUT2D eigenvalue weighted by atomic mass is 19.2. The fourth-order valence-electron chi connectivity index (χ4n) is 0.995. The Morgan fingerprint density at radius 3 is 2.45 bits per heavy atom. The number of hydrogen-bond acceptors (Lipinski definition) is 2. The van der Waals surface area contributed by atoms with E-state index in [9.17, 15) is 13.2 Å². The predicted molar refractivity (Wildman–Crippen MR) is 33.3 cm³/mol. The zero-order valence-corrected chi connectivity index (χ0v) is 6.02. The summed E-state index contributed by atoms with van der Waals surface area (Å²) in [6.07, 6.45) is -5.94. The van der Waals surface area contributed by atoms with E-state index in [0.29, 0.717) is 0 Å². The number of rotatable bonds is 0. The third-order valence-electron chi connectivity index (χ3n) is 1.94. The first-order chi connectivity index (χ1) is 4.96. The van der Waals surface area contributed by atoms with Crippen LogP contribution in [0.2, 0.25) is 0 Å². The molecule has 1 aliphatic rings. The van der Waals surface area contributed by atoms with E-state index in [1.54, 1.807) is 0 Å². The minimum atomic E-state index is -2.20. The van der Waals surface area contributed by atoms with E-state index in [4.69, 9.17) is 5.11 Å². The molecule has 5 heteroatoms. The summed E-state index contributed by atoms with van der Waals surface area (Å²) in [5.41, 5.74) is -2.20. The Morgan fingerprint density at radius 2 is 2.00 bits per heavy atom. The maximum atomic E-state index is 12.7. The molecule has 4 atom stereocenters. The topological polar surface area (TPSA) is 32.3 Å². The van der Waals surface area contributed by atoms with Crippen LogP contribution in [0.4, 0.5) is 13.2 Å². The van der Waals surface area contributed by atoms with E-state index in [1.165, 1.54) is 0 Å². The molecule has 1 fully saturated rings. The number of aliphatic hydroxyl groups is 1. The van der Waals surface area contributed by atoms with Crippen molar-refractivity contribution < 1.29 is 18.3 Å². The van der Waals surface area contributed by atoms with Crippen LogP contribution in [0.5, 0.6) is 0 Å². The molecule has 0 aliphatic carbocycles. The van der Waals surface area contributed by atoms with Crippen molar-refractivity contribution in [2.24, 2.45) is 0 Å². The Morgan fingerprint density at radius 1 is 1.45 bits per heavy atom. The maximum Gasteiger partial charge on any atom is 0.185 e. The maximum absolute atomic E-state index is 12.7. The van der Waals surface area contributed by atoms with Gasteiger partial charge in [-0.05, 0) is 6.92 Å². The molecule has 0 bridgehead atoms. The summed E-state index contributed by atoms with van der Waals surface area (Å²) in [5, 5.41) is 11.0. The average molecular weight is 169 g/mol. The van der Waals surface area contributed by atoms with Crippen molar-refractivity contribution in [2.45, 2.75) is 31.2 Å². The van der Waals surface area contributed by atoms with Gasteiger partial charge in [0, 0.05) is 6.54 Å². The van der Waals surface area contributed by atoms with Crippen LogP contribution in [0, 0.1) is 0 Å². The predicted octanol–water partition coefficient (Wildman–Crippen LogP) is 0.312. The molecule has 0 aromatic rings. The molecule has 1 heterocycles. The zero-order valence-electron chi connectivity index (χ0n) is 6.02. The van der Waals surface area contributed by atoms with Gasteiger partial charge in [0.1, 0.15) is 11.8 Å². The second-order valence-electron chi connectivity index (χ2n) is 2.91. The van der Waals surface area contributed by atoms with Crippen LogP contribution in [0.3, 0.4) is 0 Å². The largest absolute Gasteiger partial charge is 0.384 e. The third kappa shape index (κ3) is 1.35. The summed E-state index contributed by atoms with van der Waals surface area (Å²) >= 11 is 0. The first kappa shape index (κ1) is 8.80. The second-order valence-corrected chi connectivity index (χ2v) is 2.91. The van der Waals surface area contributed by atoms with Crippen molar-refractivity contribution in [1.29, 1.82) is 0 Å². The van der Waals surface area contributed by atoms with E-state index in [1.807, 2.05) is 5.32 Å². The van der Waals surface area contributed by atoms with Crippen molar-refractivity contribution in [3.05, 3.63) is 0 Å². The molecule has 0 radical (unpaired) electrons. The standard InChI is InChI=1S/C6H10F3NO/c1-6(11)3(7)2-10-5(9)4(6)8/h3-5,10-11H,2H2,1H3. The van der Waals surface area contributed by atoms with Crippen LogP contribution in [0.25, 0.3) is 0 Å². The van der Waals surface area contributed by atoms with E-state index in [0.717, 1.165) is 6.92 Å². The Balaban J connectivity index is 2.72. The molecule has 66 valence electrons. The second kappa shape index (κ2) is 2.64. The molecule has 11 heavy (non-hydrogen) atoms. The van der Waals surface area contributed by atoms with Gasteiger partial charge in [0.15, 0.2) is 12.5 Å². The van der Waals surface area contributed by atoms with Gasteiger partial charge in [-0.25, -0.2) is 13.2 Å². The Hall–Kier alpha value is -0.290. The molecule has 2 nitrogen and oxygen atoms in total. The lowest BCUT2D eigenvalue weighted by Crippen LogP contribution is -2.61. The van der Waals surface area contributed by atoms with Crippen molar-refractivity contribution in [2.75, 3.05) is 6.54 Å². The van der Waals surface area contributed by atoms with Gasteiger partial charge in [-0.1, -0.05) is 0 Å². The van der Waals surface area contributed by atoms with Crippen LogP contribution < -0.4 is 5.32 Å². The molecule has 0 aromatic heterocycles. The number of hydrogen-bond donors (Lipinski definition) is 2. The summed E-state index contributed by atoms with van der Waals surface area (Å²) in [6.45, 7) is 0.602. The summed E-state index contributed by atoms with van der Waals surface area (Å²) in [7, 11) is 0. The van der Waals surface area contributed by atoms with E-state index >= 15 is 0 Å². The van der Waals surface area contributed by atoms with Gasteiger partial charge in [0.2, 0.25) is 0 Å². The van der Waals surface area contributed by atoms with Gasteiger partial charge in [-0.2, -0.15) is 0 Å². The first-order valence-electron chi connectivity index (χ1n) is 3.34. The van der Waals surface area contributed by atoms with Crippen molar-refractivity contribution >= 4 is 0 Å². The molecule has 1 aliphatic heterocycles. The number of nitrogens with one attached hydrogen (secondary N) is 1. The minimum Gasteiger partial charge on any atom is -0.384 e. The molecular formula is C6H10F3NO. The smallest absolute Gasteiger partial charge is 0.185 e. The first-order valence-corrected chi connectivity index (χ1v) is 3.34. The summed E-state index contributed by atoms with van der Waals surface area (Å²) < 4.78 is 37.8. The van der Waals surface area contributed by atoms with E-state index in [-0.39, 0.29) is 6.54 Å². The van der Waals surface area contributed by atoms with Crippen molar-refractivity contribution in [1.82, 2.24) is 5.32 Å². The highest BCUT2D eigenvalue weighted by molar-refractivity contribution is 4.98. The SMILES string of the molecule is CC1(O)C(F)CNC(F)C1F. The summed E-state index contributed by atoms with van der Waals surface area (Å²) in [4.78, 5) is 0. The molecule has 0 aromatic carbocycles. The lowest BCUT2D eigenvalue weighted by molar-refractivity contribution is -0.130. The number of piperidine rings is 1. The fraction of sp³-hybridized carbons (Fsp3) is 1.00. The normalized spacial score (nSPS) is 52.6. The monoisotopic (exact) mass is 169 g/mol. The molecule has 4 unspecified atom stereocenters. The highest BCUT2D eigenvalue weighted by Crippen LogP contribution is 2.27. The van der Waals surface area contributed by atoms with Gasteiger partial charge in [0.25, 0.3) is 0 Å². The van der Waals surface area contributed by atoms with Gasteiger partial charge >= 0.3 is 0 Å². The quantitative estimate of drug-likeness (QED) is 0.511. The summed E-state index contributed by atoms with van der Waals surface area (Å²) in [6, 6.07) is 0. The number of halogens is 3. The highest BCUT2D eigenvalue weighted by Gasteiger charge is 2.49. The van der Waals surface area contributed by atoms with Crippen LogP contribution >= 0.6 is 0 Å². The molecule has 1 rings (SSSR count). The van der Waals surface area contributed by atoms with Gasteiger partial charge < -0.3 is 5.11 Å². The Bertz CT molecular complexity index is 153. The Kier molecular flexibility index (Phi) is 2.11. The molecule has 0 spiro atoms. The molecular weight excluding hydrogens is 159 g/mol. The van der Waals surface area contributed by atoms with Crippen LogP contribution in [0.15, 0.2) is 0 Å². The van der Waals surface area contributed by atoms with Crippen LogP contribution in [-0.2, 0) is 0 Å². The van der Waals surface area contributed by atoms with Crippen LogP contribution in [0.1, 0.15) is 6.92 Å². The third-order valence-corrected chi connectivity index (χ3v) is 1.94. The van der Waals surface area contributed by atoms with E-state index in [2.05, 4.69) is 0 Å². The molecule has 0 amide bonds. The van der Waals surface area contributed by atoms with Gasteiger partial charge in [-0.3, -0.25) is 5.32 Å². The average Bonchev–Trinajstić information content (AvgIpc) is 1.95. The van der Waals surface area contributed by atoms with E-state index < -0.39 is 24.2 Å². The molecule has 1 saturated heterocycles.